The third-order valence-corrected chi connectivity index (χ3v) is 4.51. The van der Waals surface area contributed by atoms with Gasteiger partial charge in [-0.05, 0) is 31.0 Å². The van der Waals surface area contributed by atoms with Crippen LogP contribution in [0.2, 0.25) is 0 Å². The molecule has 2 N–H and O–H groups in total. The second kappa shape index (κ2) is 5.48. The third-order valence-electron chi connectivity index (χ3n) is 4.51. The molecular formula is C16H20N2O3. The molecule has 21 heavy (non-hydrogen) atoms. The lowest BCUT2D eigenvalue weighted by atomic mass is 10.0. The number of nitrogens with zero attached hydrogens (tertiary/aromatic N) is 2. The number of aromatic nitrogens is 2. The number of aliphatic hydroxyl groups excluding tert-OH is 1. The second-order valence-electron chi connectivity index (χ2n) is 5.70. The standard InChI is InChI=1S/C16H20N2O3/c1-2-15-17-12-8-10(16(20)21)6-7-14(12)18(15)13-5-3-4-11(13)9-19/h6-8,11,13,19H,2-5,9H2,1H3,(H,20,21). The average Bonchev–Trinajstić information content (AvgIpc) is 3.08. The predicted molar refractivity (Wildman–Crippen MR) is 79.5 cm³/mol. The number of hydrogen-bond donors (Lipinski definition) is 2. The van der Waals surface area contributed by atoms with Gasteiger partial charge in [0.25, 0.3) is 0 Å². The van der Waals surface area contributed by atoms with E-state index in [2.05, 4.69) is 16.5 Å². The maximum Gasteiger partial charge on any atom is 0.335 e. The van der Waals surface area contributed by atoms with Crippen molar-refractivity contribution in [3.05, 3.63) is 29.6 Å². The highest BCUT2D eigenvalue weighted by atomic mass is 16.4. The number of carboxylic acid groups (broad SMARTS) is 1. The molecule has 0 spiro atoms. The van der Waals surface area contributed by atoms with Crippen molar-refractivity contribution in [2.45, 2.75) is 38.6 Å². The smallest absolute Gasteiger partial charge is 0.335 e. The summed E-state index contributed by atoms with van der Waals surface area (Å²) < 4.78 is 2.22. The molecule has 0 bridgehead atoms. The molecule has 1 fully saturated rings. The van der Waals surface area contributed by atoms with E-state index in [9.17, 15) is 9.90 Å². The Balaban J connectivity index is 2.14. The number of rotatable bonds is 4. The van der Waals surface area contributed by atoms with Crippen LogP contribution in [0.4, 0.5) is 0 Å². The minimum absolute atomic E-state index is 0.195. The fraction of sp³-hybridized carbons (Fsp3) is 0.500. The Bertz CT molecular complexity index is 677. The van der Waals surface area contributed by atoms with Gasteiger partial charge in [0.2, 0.25) is 0 Å². The summed E-state index contributed by atoms with van der Waals surface area (Å²) in [6.45, 7) is 2.25. The highest BCUT2D eigenvalue weighted by Gasteiger charge is 2.30. The topological polar surface area (TPSA) is 75.3 Å². The Labute approximate surface area is 123 Å². The van der Waals surface area contributed by atoms with E-state index in [0.29, 0.717) is 0 Å². The van der Waals surface area contributed by atoms with Crippen LogP contribution in [0, 0.1) is 5.92 Å². The molecule has 2 unspecified atom stereocenters. The van der Waals surface area contributed by atoms with Gasteiger partial charge in [0.1, 0.15) is 5.82 Å². The van der Waals surface area contributed by atoms with Crippen LogP contribution in [-0.4, -0.2) is 32.3 Å². The minimum Gasteiger partial charge on any atom is -0.478 e. The van der Waals surface area contributed by atoms with E-state index < -0.39 is 5.97 Å². The summed E-state index contributed by atoms with van der Waals surface area (Å²) in [4.78, 5) is 15.7. The molecule has 0 radical (unpaired) electrons. The first-order chi connectivity index (χ1) is 10.2. The van der Waals surface area contributed by atoms with E-state index in [-0.39, 0.29) is 24.1 Å². The first-order valence-corrected chi connectivity index (χ1v) is 7.50. The zero-order valence-corrected chi connectivity index (χ0v) is 12.1. The van der Waals surface area contributed by atoms with Gasteiger partial charge in [-0.25, -0.2) is 9.78 Å². The average molecular weight is 288 g/mol. The van der Waals surface area contributed by atoms with Crippen LogP contribution >= 0.6 is 0 Å². The van der Waals surface area contributed by atoms with Crippen molar-refractivity contribution in [2.24, 2.45) is 5.92 Å². The van der Waals surface area contributed by atoms with E-state index in [1.165, 1.54) is 0 Å². The monoisotopic (exact) mass is 288 g/mol. The van der Waals surface area contributed by atoms with Crippen LogP contribution in [0.25, 0.3) is 11.0 Å². The van der Waals surface area contributed by atoms with Gasteiger partial charge in [0, 0.05) is 25.0 Å². The van der Waals surface area contributed by atoms with Crippen molar-refractivity contribution in [1.82, 2.24) is 9.55 Å². The van der Waals surface area contributed by atoms with Gasteiger partial charge in [-0.1, -0.05) is 13.3 Å². The second-order valence-corrected chi connectivity index (χ2v) is 5.70. The van der Waals surface area contributed by atoms with Crippen LogP contribution in [0.15, 0.2) is 18.2 Å². The molecule has 5 heteroatoms. The lowest BCUT2D eigenvalue weighted by Gasteiger charge is -2.22. The quantitative estimate of drug-likeness (QED) is 0.907. The summed E-state index contributed by atoms with van der Waals surface area (Å²) in [5.74, 6) is 0.309. The first kappa shape index (κ1) is 14.1. The first-order valence-electron chi connectivity index (χ1n) is 7.50. The summed E-state index contributed by atoms with van der Waals surface area (Å²) in [5, 5.41) is 18.7. The third kappa shape index (κ3) is 2.31. The summed E-state index contributed by atoms with van der Waals surface area (Å²) in [5.41, 5.74) is 1.97. The number of aromatic carboxylic acids is 1. The van der Waals surface area contributed by atoms with Gasteiger partial charge < -0.3 is 14.8 Å². The molecule has 1 aliphatic rings. The maximum absolute atomic E-state index is 11.1. The van der Waals surface area contributed by atoms with Crippen molar-refractivity contribution in [3.63, 3.8) is 0 Å². The van der Waals surface area contributed by atoms with Gasteiger partial charge in [0.15, 0.2) is 0 Å². The molecule has 1 heterocycles. The number of aliphatic hydroxyl groups is 1. The Morgan fingerprint density at radius 1 is 1.43 bits per heavy atom. The number of benzene rings is 1. The van der Waals surface area contributed by atoms with Crippen molar-refractivity contribution >= 4 is 17.0 Å². The molecule has 0 amide bonds. The number of aryl methyl sites for hydroxylation is 1. The number of carboxylic acids is 1. The fourth-order valence-electron chi connectivity index (χ4n) is 3.47. The highest BCUT2D eigenvalue weighted by Crippen LogP contribution is 2.38. The molecule has 112 valence electrons. The van der Waals surface area contributed by atoms with Crippen molar-refractivity contribution in [1.29, 1.82) is 0 Å². The van der Waals surface area contributed by atoms with E-state index in [4.69, 9.17) is 5.11 Å². The van der Waals surface area contributed by atoms with Gasteiger partial charge >= 0.3 is 5.97 Å². The number of fused-ring (bicyclic) bond motifs is 1. The highest BCUT2D eigenvalue weighted by molar-refractivity contribution is 5.92. The van der Waals surface area contributed by atoms with Crippen molar-refractivity contribution in [3.8, 4) is 0 Å². The number of imidazole rings is 1. The molecule has 1 aromatic carbocycles. The van der Waals surface area contributed by atoms with E-state index in [0.717, 1.165) is 42.5 Å². The molecule has 0 saturated heterocycles. The lowest BCUT2D eigenvalue weighted by molar-refractivity contribution is 0.0697. The SMILES string of the molecule is CCc1nc2cc(C(=O)O)ccc2n1C1CCCC1CO. The molecule has 5 nitrogen and oxygen atoms in total. The van der Waals surface area contributed by atoms with Crippen LogP contribution in [0.1, 0.15) is 48.4 Å². The molecule has 1 saturated carbocycles. The summed E-state index contributed by atoms with van der Waals surface area (Å²) in [6, 6.07) is 5.38. The normalized spacial score (nSPS) is 22.0. The summed E-state index contributed by atoms with van der Waals surface area (Å²) in [6.07, 6.45) is 4.00. The summed E-state index contributed by atoms with van der Waals surface area (Å²) >= 11 is 0. The number of carbonyl (C=O) groups is 1. The molecule has 1 aromatic heterocycles. The molecule has 1 aliphatic carbocycles. The Hall–Kier alpha value is -1.88. The number of hydrogen-bond acceptors (Lipinski definition) is 3. The van der Waals surface area contributed by atoms with Crippen LogP contribution in [-0.2, 0) is 6.42 Å². The Morgan fingerprint density at radius 2 is 2.24 bits per heavy atom. The summed E-state index contributed by atoms with van der Waals surface area (Å²) in [7, 11) is 0. The van der Waals surface area contributed by atoms with E-state index in [1.54, 1.807) is 12.1 Å². The van der Waals surface area contributed by atoms with Crippen LogP contribution in [0.5, 0.6) is 0 Å². The van der Waals surface area contributed by atoms with Crippen molar-refractivity contribution < 1.29 is 15.0 Å². The predicted octanol–water partition coefficient (Wildman–Crippen LogP) is 2.63. The van der Waals surface area contributed by atoms with Gasteiger partial charge in [0.05, 0.1) is 16.6 Å². The fourth-order valence-corrected chi connectivity index (χ4v) is 3.47. The van der Waals surface area contributed by atoms with Crippen molar-refractivity contribution in [2.75, 3.05) is 6.61 Å². The maximum atomic E-state index is 11.1. The van der Waals surface area contributed by atoms with Gasteiger partial charge in [-0.15, -0.1) is 0 Å². The zero-order valence-electron chi connectivity index (χ0n) is 12.1. The Kier molecular flexibility index (Phi) is 3.68. The van der Waals surface area contributed by atoms with E-state index in [1.807, 2.05) is 6.07 Å². The molecule has 3 rings (SSSR count). The molecule has 0 aliphatic heterocycles. The molecular weight excluding hydrogens is 268 g/mol. The van der Waals surface area contributed by atoms with Crippen LogP contribution < -0.4 is 0 Å². The van der Waals surface area contributed by atoms with Gasteiger partial charge in [-0.2, -0.15) is 0 Å². The van der Waals surface area contributed by atoms with Gasteiger partial charge in [-0.3, -0.25) is 0 Å². The molecule has 2 atom stereocenters. The van der Waals surface area contributed by atoms with Crippen LogP contribution in [0.3, 0.4) is 0 Å². The minimum atomic E-state index is -0.932. The Morgan fingerprint density at radius 3 is 2.90 bits per heavy atom. The lowest BCUT2D eigenvalue weighted by Crippen LogP contribution is -2.19. The molecule has 2 aromatic rings. The zero-order chi connectivity index (χ0) is 15.0. The van der Waals surface area contributed by atoms with E-state index >= 15 is 0 Å². The largest absolute Gasteiger partial charge is 0.478 e.